The summed E-state index contributed by atoms with van der Waals surface area (Å²) in [6, 6.07) is 5.92. The van der Waals surface area contributed by atoms with Gasteiger partial charge in [-0.3, -0.25) is 0 Å². The molecule has 1 aromatic heterocycles. The van der Waals surface area contributed by atoms with Crippen LogP contribution in [-0.4, -0.2) is 0 Å². The molecule has 0 bridgehead atoms. The van der Waals surface area contributed by atoms with Crippen LogP contribution in [0, 0.1) is 8.70 Å². The van der Waals surface area contributed by atoms with Crippen molar-refractivity contribution in [1.82, 2.24) is 0 Å². The van der Waals surface area contributed by atoms with Crippen molar-refractivity contribution in [2.45, 2.75) is 5.33 Å². The summed E-state index contributed by atoms with van der Waals surface area (Å²) in [5.41, 5.74) is 0.776. The molecule has 0 aliphatic rings. The minimum absolute atomic E-state index is 0.0732. The van der Waals surface area contributed by atoms with E-state index in [1.54, 1.807) is 0 Å². The third kappa shape index (κ3) is 1.64. The summed E-state index contributed by atoms with van der Waals surface area (Å²) in [5, 5.41) is 1.54. The van der Waals surface area contributed by atoms with Gasteiger partial charge in [-0.2, -0.15) is 4.39 Å². The quantitative estimate of drug-likeness (QED) is 0.510. The first-order valence-electron chi connectivity index (χ1n) is 3.65. The SMILES string of the molecule is Fc1sc2c(I)cccc2c1CBr. The zero-order chi connectivity index (χ0) is 9.42. The third-order valence-corrected chi connectivity index (χ3v) is 4.75. The minimum Gasteiger partial charge on any atom is -0.195 e. The number of fused-ring (bicyclic) bond motifs is 1. The molecule has 2 rings (SSSR count). The molecular weight excluding hydrogens is 366 g/mol. The maximum absolute atomic E-state index is 13.4. The van der Waals surface area contributed by atoms with Crippen LogP contribution in [0.2, 0.25) is 0 Å². The molecule has 0 fully saturated rings. The van der Waals surface area contributed by atoms with Crippen molar-refractivity contribution in [2.75, 3.05) is 0 Å². The maximum atomic E-state index is 13.4. The van der Waals surface area contributed by atoms with Crippen LogP contribution in [0.15, 0.2) is 18.2 Å². The van der Waals surface area contributed by atoms with Crippen LogP contribution < -0.4 is 0 Å². The van der Waals surface area contributed by atoms with Gasteiger partial charge in [-0.1, -0.05) is 28.1 Å². The van der Waals surface area contributed by atoms with E-state index in [4.69, 9.17) is 0 Å². The molecule has 2 aromatic rings. The van der Waals surface area contributed by atoms with Gasteiger partial charge in [-0.15, -0.1) is 11.3 Å². The van der Waals surface area contributed by atoms with Crippen molar-refractivity contribution in [3.05, 3.63) is 32.5 Å². The predicted octanol–water partition coefficient (Wildman–Crippen LogP) is 4.54. The van der Waals surface area contributed by atoms with Gasteiger partial charge in [0.15, 0.2) is 5.13 Å². The number of alkyl halides is 1. The van der Waals surface area contributed by atoms with Crippen LogP contribution in [0.4, 0.5) is 4.39 Å². The first-order valence-corrected chi connectivity index (χ1v) is 6.67. The molecule has 0 unspecified atom stereocenters. The molecule has 0 aliphatic carbocycles. The van der Waals surface area contributed by atoms with E-state index in [2.05, 4.69) is 38.5 Å². The number of halogens is 3. The Hall–Kier alpha value is 0.320. The molecule has 0 saturated heterocycles. The predicted molar refractivity (Wildman–Crippen MR) is 67.1 cm³/mol. The summed E-state index contributed by atoms with van der Waals surface area (Å²) in [5.74, 6) is 0. The molecule has 68 valence electrons. The minimum atomic E-state index is -0.0732. The van der Waals surface area contributed by atoms with Crippen LogP contribution in [0.5, 0.6) is 0 Å². The molecule has 0 radical (unpaired) electrons. The average molecular weight is 371 g/mol. The van der Waals surface area contributed by atoms with E-state index in [9.17, 15) is 4.39 Å². The van der Waals surface area contributed by atoms with Crippen molar-refractivity contribution in [2.24, 2.45) is 0 Å². The van der Waals surface area contributed by atoms with Crippen LogP contribution >= 0.6 is 49.9 Å². The van der Waals surface area contributed by atoms with Crippen LogP contribution in [-0.2, 0) is 5.33 Å². The smallest absolute Gasteiger partial charge is 0.181 e. The normalized spacial score (nSPS) is 11.0. The van der Waals surface area contributed by atoms with Crippen molar-refractivity contribution in [3.8, 4) is 0 Å². The van der Waals surface area contributed by atoms with Gasteiger partial charge < -0.3 is 0 Å². The summed E-state index contributed by atoms with van der Waals surface area (Å²) in [6.07, 6.45) is 0. The van der Waals surface area contributed by atoms with E-state index < -0.39 is 0 Å². The highest BCUT2D eigenvalue weighted by Crippen LogP contribution is 2.34. The van der Waals surface area contributed by atoms with Crippen molar-refractivity contribution >= 4 is 59.9 Å². The van der Waals surface area contributed by atoms with E-state index in [1.165, 1.54) is 11.3 Å². The van der Waals surface area contributed by atoms with E-state index in [0.29, 0.717) is 5.33 Å². The molecule has 0 spiro atoms. The van der Waals surface area contributed by atoms with Gasteiger partial charge in [0.2, 0.25) is 0 Å². The van der Waals surface area contributed by atoms with Gasteiger partial charge in [0.05, 0.1) is 4.70 Å². The van der Waals surface area contributed by atoms with Crippen molar-refractivity contribution < 1.29 is 4.39 Å². The Balaban J connectivity index is 2.86. The average Bonchev–Trinajstić information content (AvgIpc) is 2.43. The fraction of sp³-hybridized carbons (Fsp3) is 0.111. The Morgan fingerprint density at radius 3 is 2.92 bits per heavy atom. The van der Waals surface area contributed by atoms with E-state index in [-0.39, 0.29) is 5.13 Å². The molecule has 0 aliphatic heterocycles. The summed E-state index contributed by atoms with van der Waals surface area (Å²) in [7, 11) is 0. The second kappa shape index (κ2) is 3.82. The van der Waals surface area contributed by atoms with Crippen molar-refractivity contribution in [3.63, 3.8) is 0 Å². The largest absolute Gasteiger partial charge is 0.195 e. The summed E-state index contributed by atoms with van der Waals surface area (Å²) >= 11 is 6.76. The lowest BCUT2D eigenvalue weighted by molar-refractivity contribution is 0.649. The summed E-state index contributed by atoms with van der Waals surface area (Å²) < 4.78 is 15.5. The van der Waals surface area contributed by atoms with Crippen LogP contribution in [0.25, 0.3) is 10.1 Å². The Morgan fingerprint density at radius 2 is 2.23 bits per heavy atom. The lowest BCUT2D eigenvalue weighted by Crippen LogP contribution is -1.77. The van der Waals surface area contributed by atoms with Gasteiger partial charge in [-0.25, -0.2) is 0 Å². The van der Waals surface area contributed by atoms with Gasteiger partial charge in [-0.05, 0) is 28.7 Å². The Bertz CT molecular complexity index is 452. The monoisotopic (exact) mass is 370 g/mol. The van der Waals surface area contributed by atoms with Gasteiger partial charge in [0.1, 0.15) is 0 Å². The highest BCUT2D eigenvalue weighted by Gasteiger charge is 2.11. The first kappa shape index (κ1) is 9.86. The zero-order valence-corrected chi connectivity index (χ0v) is 11.0. The lowest BCUT2D eigenvalue weighted by atomic mass is 10.2. The topological polar surface area (TPSA) is 0 Å². The molecule has 0 atom stereocenters. The molecule has 0 amide bonds. The Labute approximate surface area is 101 Å². The standard InChI is InChI=1S/C9H5BrFIS/c10-4-6-5-2-1-3-7(12)8(5)13-9(6)11/h1-3H,4H2. The highest BCUT2D eigenvalue weighted by molar-refractivity contribution is 14.1. The van der Waals surface area contributed by atoms with E-state index >= 15 is 0 Å². The molecule has 1 aromatic carbocycles. The van der Waals surface area contributed by atoms with Gasteiger partial charge >= 0.3 is 0 Å². The van der Waals surface area contributed by atoms with E-state index in [1.807, 2.05) is 18.2 Å². The first-order chi connectivity index (χ1) is 6.24. The fourth-order valence-corrected chi connectivity index (χ4v) is 3.75. The second-order valence-electron chi connectivity index (χ2n) is 2.60. The molecular formula is C9H5BrFIS. The molecule has 1 heterocycles. The van der Waals surface area contributed by atoms with Crippen molar-refractivity contribution in [1.29, 1.82) is 0 Å². The Morgan fingerprint density at radius 1 is 1.46 bits per heavy atom. The molecule has 0 saturated carbocycles. The summed E-state index contributed by atoms with van der Waals surface area (Å²) in [6.45, 7) is 0. The van der Waals surface area contributed by atoms with Crippen LogP contribution in [0.1, 0.15) is 5.56 Å². The number of benzene rings is 1. The highest BCUT2D eigenvalue weighted by atomic mass is 127. The molecule has 0 N–H and O–H groups in total. The number of hydrogen-bond donors (Lipinski definition) is 0. The maximum Gasteiger partial charge on any atom is 0.181 e. The van der Waals surface area contributed by atoms with Gasteiger partial charge in [0.25, 0.3) is 0 Å². The summed E-state index contributed by atoms with van der Waals surface area (Å²) in [4.78, 5) is 0. The number of thiophene rings is 1. The number of hydrogen-bond acceptors (Lipinski definition) is 1. The molecule has 13 heavy (non-hydrogen) atoms. The fourth-order valence-electron chi connectivity index (χ4n) is 1.23. The third-order valence-electron chi connectivity index (χ3n) is 1.85. The van der Waals surface area contributed by atoms with Crippen LogP contribution in [0.3, 0.4) is 0 Å². The molecule has 4 heteroatoms. The lowest BCUT2D eigenvalue weighted by Gasteiger charge is -1.94. The zero-order valence-electron chi connectivity index (χ0n) is 6.48. The number of rotatable bonds is 1. The van der Waals surface area contributed by atoms with E-state index in [0.717, 1.165) is 19.2 Å². The Kier molecular flexibility index (Phi) is 2.90. The second-order valence-corrected chi connectivity index (χ2v) is 5.30. The van der Waals surface area contributed by atoms with Gasteiger partial charge in [0, 0.05) is 19.8 Å². The molecule has 0 nitrogen and oxygen atoms in total.